The van der Waals surface area contributed by atoms with Crippen LogP contribution in [0.4, 0.5) is 0 Å². The fraction of sp³-hybridized carbons (Fsp3) is 1.00. The van der Waals surface area contributed by atoms with Gasteiger partial charge in [0, 0.05) is 19.6 Å². The van der Waals surface area contributed by atoms with Gasteiger partial charge in [-0.05, 0) is 36.0 Å². The van der Waals surface area contributed by atoms with Crippen molar-refractivity contribution >= 4 is 0 Å². The molecular weight excluding hydrogens is 282 g/mol. The van der Waals surface area contributed by atoms with Gasteiger partial charge in [0.05, 0.1) is 32.0 Å². The zero-order chi connectivity index (χ0) is 16.4. The molecule has 2 aliphatic carbocycles. The summed E-state index contributed by atoms with van der Waals surface area (Å²) in [6.45, 7) is 8.80. The molecule has 2 fully saturated rings. The summed E-state index contributed by atoms with van der Waals surface area (Å²) in [6, 6.07) is 0. The average Bonchev–Trinajstić information content (AvgIpc) is 2.78. The fourth-order valence-electron chi connectivity index (χ4n) is 4.54. The normalized spacial score (nSPS) is 34.5. The lowest BCUT2D eigenvalue weighted by Crippen LogP contribution is -2.41. The molecule has 0 spiro atoms. The van der Waals surface area contributed by atoms with Gasteiger partial charge < -0.3 is 20.1 Å². The standard InChI is InChI=1S/C17H33NO4/c1-16(2)13-4-5-17(16,3)15(10-13)22-12-14(21)11-18(6-8-19)7-9-20/h13-15,19-21H,4-12H2,1-3H3/t13-,14+,15+,17-/m0/s1. The Morgan fingerprint density at radius 2 is 1.82 bits per heavy atom. The van der Waals surface area contributed by atoms with Crippen molar-refractivity contribution in [2.75, 3.05) is 39.5 Å². The van der Waals surface area contributed by atoms with Crippen LogP contribution in [0.25, 0.3) is 0 Å². The van der Waals surface area contributed by atoms with Gasteiger partial charge in [0.2, 0.25) is 0 Å². The predicted molar refractivity (Wildman–Crippen MR) is 85.6 cm³/mol. The molecule has 0 heterocycles. The number of hydrogen-bond donors (Lipinski definition) is 3. The van der Waals surface area contributed by atoms with E-state index in [0.29, 0.717) is 31.7 Å². The average molecular weight is 315 g/mol. The molecule has 0 radical (unpaired) electrons. The highest BCUT2D eigenvalue weighted by Gasteiger charge is 2.61. The second kappa shape index (κ2) is 7.14. The Bertz CT molecular complexity index is 357. The van der Waals surface area contributed by atoms with Crippen LogP contribution in [-0.2, 0) is 4.74 Å². The summed E-state index contributed by atoms with van der Waals surface area (Å²) < 4.78 is 6.09. The molecule has 2 aliphatic rings. The molecule has 0 aromatic rings. The van der Waals surface area contributed by atoms with Crippen LogP contribution < -0.4 is 0 Å². The van der Waals surface area contributed by atoms with Crippen molar-refractivity contribution in [2.24, 2.45) is 16.7 Å². The maximum Gasteiger partial charge on any atom is 0.0900 e. The van der Waals surface area contributed by atoms with Crippen molar-refractivity contribution in [1.29, 1.82) is 0 Å². The van der Waals surface area contributed by atoms with Gasteiger partial charge in [0.25, 0.3) is 0 Å². The second-order valence-corrected chi connectivity index (χ2v) is 7.83. The van der Waals surface area contributed by atoms with Crippen LogP contribution in [0.5, 0.6) is 0 Å². The maximum absolute atomic E-state index is 10.2. The lowest BCUT2D eigenvalue weighted by Gasteiger charge is -2.39. The molecule has 0 aromatic heterocycles. The third-order valence-corrected chi connectivity index (χ3v) is 6.51. The minimum absolute atomic E-state index is 0.0319. The first-order valence-corrected chi connectivity index (χ1v) is 8.59. The highest BCUT2D eigenvalue weighted by molar-refractivity contribution is 5.11. The first-order valence-electron chi connectivity index (χ1n) is 8.59. The van der Waals surface area contributed by atoms with E-state index in [9.17, 15) is 5.11 Å². The number of aliphatic hydroxyl groups excluding tert-OH is 3. The van der Waals surface area contributed by atoms with Crippen LogP contribution in [0, 0.1) is 16.7 Å². The lowest BCUT2D eigenvalue weighted by atomic mass is 9.70. The molecule has 130 valence electrons. The monoisotopic (exact) mass is 315 g/mol. The van der Waals surface area contributed by atoms with Crippen molar-refractivity contribution < 1.29 is 20.1 Å². The second-order valence-electron chi connectivity index (χ2n) is 7.83. The van der Waals surface area contributed by atoms with Gasteiger partial charge in [-0.15, -0.1) is 0 Å². The van der Waals surface area contributed by atoms with Crippen LogP contribution in [0.2, 0.25) is 0 Å². The van der Waals surface area contributed by atoms with E-state index in [4.69, 9.17) is 14.9 Å². The number of fused-ring (bicyclic) bond motifs is 2. The largest absolute Gasteiger partial charge is 0.395 e. The summed E-state index contributed by atoms with van der Waals surface area (Å²) in [5.74, 6) is 0.736. The van der Waals surface area contributed by atoms with E-state index < -0.39 is 6.10 Å². The first-order chi connectivity index (χ1) is 10.3. The third kappa shape index (κ3) is 3.34. The molecule has 0 saturated heterocycles. The van der Waals surface area contributed by atoms with Crippen molar-refractivity contribution in [2.45, 2.75) is 52.2 Å². The van der Waals surface area contributed by atoms with Crippen LogP contribution in [0.1, 0.15) is 40.0 Å². The third-order valence-electron chi connectivity index (χ3n) is 6.51. The fourth-order valence-corrected chi connectivity index (χ4v) is 4.54. The topological polar surface area (TPSA) is 73.2 Å². The molecule has 4 atom stereocenters. The highest BCUT2D eigenvalue weighted by atomic mass is 16.5. The summed E-state index contributed by atoms with van der Waals surface area (Å²) in [5.41, 5.74) is 0.537. The van der Waals surface area contributed by atoms with Gasteiger partial charge in [0.15, 0.2) is 0 Å². The zero-order valence-corrected chi connectivity index (χ0v) is 14.3. The Kier molecular flexibility index (Phi) is 5.89. The lowest BCUT2D eigenvalue weighted by molar-refractivity contribution is -0.0800. The van der Waals surface area contributed by atoms with Crippen molar-refractivity contribution in [3.63, 3.8) is 0 Å². The van der Waals surface area contributed by atoms with Gasteiger partial charge in [-0.2, -0.15) is 0 Å². The van der Waals surface area contributed by atoms with Crippen molar-refractivity contribution in [3.05, 3.63) is 0 Å². The predicted octanol–water partition coefficient (Wildman–Crippen LogP) is 0.865. The van der Waals surface area contributed by atoms with E-state index in [1.807, 2.05) is 4.90 Å². The number of aliphatic hydroxyl groups is 3. The van der Waals surface area contributed by atoms with Crippen LogP contribution in [0.3, 0.4) is 0 Å². The van der Waals surface area contributed by atoms with Gasteiger partial charge in [-0.1, -0.05) is 20.8 Å². The Hall–Kier alpha value is -0.200. The molecule has 2 saturated carbocycles. The number of rotatable bonds is 9. The molecular formula is C17H33NO4. The van der Waals surface area contributed by atoms with E-state index >= 15 is 0 Å². The summed E-state index contributed by atoms with van der Waals surface area (Å²) in [6.07, 6.45) is 3.27. The Morgan fingerprint density at radius 1 is 1.18 bits per heavy atom. The number of hydrogen-bond acceptors (Lipinski definition) is 5. The highest BCUT2D eigenvalue weighted by Crippen LogP contribution is 2.66. The Labute approximate surface area is 134 Å². The molecule has 0 aliphatic heterocycles. The molecule has 3 N–H and O–H groups in total. The molecule has 0 aromatic carbocycles. The van der Waals surface area contributed by atoms with Gasteiger partial charge in [-0.25, -0.2) is 0 Å². The van der Waals surface area contributed by atoms with Gasteiger partial charge >= 0.3 is 0 Å². The SMILES string of the molecule is CC1(C)[C@H]2CC[C@@]1(C)[C@H](OC[C@H](O)CN(CCO)CCO)C2. The zero-order valence-electron chi connectivity index (χ0n) is 14.3. The summed E-state index contributed by atoms with van der Waals surface area (Å²) >= 11 is 0. The molecule has 5 nitrogen and oxygen atoms in total. The van der Waals surface area contributed by atoms with Crippen LogP contribution in [-0.4, -0.2) is 71.9 Å². The number of ether oxygens (including phenoxy) is 1. The Morgan fingerprint density at radius 3 is 2.27 bits per heavy atom. The minimum atomic E-state index is -0.580. The maximum atomic E-state index is 10.2. The Balaban J connectivity index is 1.81. The smallest absolute Gasteiger partial charge is 0.0900 e. The molecule has 5 heteroatoms. The van der Waals surface area contributed by atoms with Gasteiger partial charge in [-0.3, -0.25) is 4.90 Å². The first kappa shape index (κ1) is 18.1. The van der Waals surface area contributed by atoms with Crippen LogP contribution >= 0.6 is 0 Å². The van der Waals surface area contributed by atoms with Crippen molar-refractivity contribution in [3.8, 4) is 0 Å². The van der Waals surface area contributed by atoms with Crippen molar-refractivity contribution in [1.82, 2.24) is 4.90 Å². The molecule has 2 bridgehead atoms. The summed E-state index contributed by atoms with van der Waals surface area (Å²) in [7, 11) is 0. The van der Waals surface area contributed by atoms with Crippen LogP contribution in [0.15, 0.2) is 0 Å². The molecule has 22 heavy (non-hydrogen) atoms. The quantitative estimate of drug-likeness (QED) is 0.589. The van der Waals surface area contributed by atoms with E-state index in [-0.39, 0.29) is 24.7 Å². The van der Waals surface area contributed by atoms with E-state index in [1.165, 1.54) is 12.8 Å². The molecule has 2 rings (SSSR count). The molecule has 0 unspecified atom stereocenters. The van der Waals surface area contributed by atoms with Gasteiger partial charge in [0.1, 0.15) is 0 Å². The minimum Gasteiger partial charge on any atom is -0.395 e. The van der Waals surface area contributed by atoms with E-state index in [2.05, 4.69) is 20.8 Å². The summed E-state index contributed by atoms with van der Waals surface area (Å²) in [4.78, 5) is 1.86. The van der Waals surface area contributed by atoms with E-state index in [0.717, 1.165) is 12.3 Å². The summed E-state index contributed by atoms with van der Waals surface area (Å²) in [5, 5.41) is 28.2. The van der Waals surface area contributed by atoms with E-state index in [1.54, 1.807) is 0 Å². The number of nitrogens with zero attached hydrogens (tertiary/aromatic N) is 1. The molecule has 0 amide bonds.